The summed E-state index contributed by atoms with van der Waals surface area (Å²) in [6, 6.07) is 5.80. The van der Waals surface area contributed by atoms with Crippen LogP contribution in [-0.2, 0) is 16.1 Å². The van der Waals surface area contributed by atoms with E-state index in [0.29, 0.717) is 23.5 Å². The van der Waals surface area contributed by atoms with Crippen molar-refractivity contribution in [2.75, 3.05) is 18.0 Å². The first-order valence-electron chi connectivity index (χ1n) is 8.16. The topological polar surface area (TPSA) is 92.3 Å². The second-order valence-corrected chi connectivity index (χ2v) is 7.47. The van der Waals surface area contributed by atoms with Gasteiger partial charge in [0.05, 0.1) is 0 Å². The van der Waals surface area contributed by atoms with Crippen LogP contribution in [0.2, 0.25) is 0 Å². The van der Waals surface area contributed by atoms with E-state index in [0.717, 1.165) is 0 Å². The summed E-state index contributed by atoms with van der Waals surface area (Å²) in [6.07, 6.45) is 1.06. The van der Waals surface area contributed by atoms with E-state index in [9.17, 15) is 13.6 Å². The maximum absolute atomic E-state index is 14.8. The molecule has 0 aliphatic carbocycles. The van der Waals surface area contributed by atoms with Crippen LogP contribution >= 0.6 is 15.9 Å². The molecule has 1 aromatic heterocycles. The molecule has 9 heteroatoms. The Morgan fingerprint density at radius 2 is 2.15 bits per heavy atom. The summed E-state index contributed by atoms with van der Waals surface area (Å²) >= 11 is 3.43. The van der Waals surface area contributed by atoms with Gasteiger partial charge in [0, 0.05) is 40.8 Å². The van der Waals surface area contributed by atoms with E-state index in [-0.39, 0.29) is 35.8 Å². The van der Waals surface area contributed by atoms with Crippen LogP contribution < -0.4 is 10.6 Å². The van der Waals surface area contributed by atoms with E-state index in [1.54, 1.807) is 11.0 Å². The molecular weight excluding hydrogens is 422 g/mol. The summed E-state index contributed by atoms with van der Waals surface area (Å²) < 4.78 is 34.1. The summed E-state index contributed by atoms with van der Waals surface area (Å²) in [5.41, 5.74) is 5.71. The Labute approximate surface area is 163 Å². The van der Waals surface area contributed by atoms with Crippen LogP contribution in [0, 0.1) is 17.0 Å². The number of nitrogens with one attached hydrogen (secondary N) is 1. The molecule has 3 rings (SSSR count). The number of nitrogens with zero attached hydrogens (tertiary/aromatic N) is 2. The molecule has 6 nitrogen and oxygen atoms in total. The minimum absolute atomic E-state index is 0.138. The van der Waals surface area contributed by atoms with Gasteiger partial charge >= 0.3 is 5.97 Å². The predicted molar refractivity (Wildman–Crippen MR) is 101 cm³/mol. The van der Waals surface area contributed by atoms with Crippen molar-refractivity contribution < 1.29 is 18.3 Å². The molecule has 0 amide bonds. The van der Waals surface area contributed by atoms with Gasteiger partial charge in [-0.1, -0.05) is 34.1 Å². The normalized spacial score (nSPS) is 14.0. The first-order valence-corrected chi connectivity index (χ1v) is 9.07. The van der Waals surface area contributed by atoms with Crippen molar-refractivity contribution in [1.29, 1.82) is 5.41 Å². The Bertz CT molecular complexity index is 888. The number of amidine groups is 1. The van der Waals surface area contributed by atoms with E-state index in [2.05, 4.69) is 20.9 Å². The van der Waals surface area contributed by atoms with Crippen LogP contribution in [0.25, 0.3) is 11.1 Å². The first-order chi connectivity index (χ1) is 12.8. The van der Waals surface area contributed by atoms with Gasteiger partial charge in [0.15, 0.2) is 11.6 Å². The molecule has 142 valence electrons. The van der Waals surface area contributed by atoms with E-state index < -0.39 is 17.6 Å². The number of rotatable bonds is 6. The number of alkyl halides is 1. The molecule has 0 radical (unpaired) electrons. The second kappa shape index (κ2) is 7.99. The number of anilines is 1. The quantitative estimate of drug-likeness (QED) is 0.313. The number of hydrogen-bond acceptors (Lipinski definition) is 5. The van der Waals surface area contributed by atoms with Crippen molar-refractivity contribution >= 4 is 33.6 Å². The van der Waals surface area contributed by atoms with Crippen molar-refractivity contribution in [3.05, 3.63) is 47.7 Å². The van der Waals surface area contributed by atoms with Crippen molar-refractivity contribution in [3.63, 3.8) is 0 Å². The minimum Gasteiger partial charge on any atom is -0.460 e. The van der Waals surface area contributed by atoms with Gasteiger partial charge < -0.3 is 15.4 Å². The van der Waals surface area contributed by atoms with Gasteiger partial charge in [0.2, 0.25) is 0 Å². The number of halogens is 3. The maximum Gasteiger partial charge on any atom is 0.313 e. The second-order valence-electron chi connectivity index (χ2n) is 6.17. The number of hydrogen-bond donors (Lipinski definition) is 2. The zero-order chi connectivity index (χ0) is 19.6. The molecule has 1 aromatic carbocycles. The molecule has 2 aromatic rings. The van der Waals surface area contributed by atoms with Gasteiger partial charge in [0.25, 0.3) is 0 Å². The molecule has 0 spiro atoms. The van der Waals surface area contributed by atoms with Gasteiger partial charge in [-0.05, 0) is 6.07 Å². The number of benzene rings is 1. The van der Waals surface area contributed by atoms with E-state index in [1.165, 1.54) is 24.4 Å². The van der Waals surface area contributed by atoms with Crippen molar-refractivity contribution in [2.24, 2.45) is 5.73 Å². The Morgan fingerprint density at radius 3 is 2.78 bits per heavy atom. The highest BCUT2D eigenvalue weighted by Crippen LogP contribution is 2.30. The van der Waals surface area contributed by atoms with Gasteiger partial charge in [0.1, 0.15) is 24.7 Å². The largest absolute Gasteiger partial charge is 0.460 e. The minimum atomic E-state index is -0.719. The zero-order valence-electron chi connectivity index (χ0n) is 14.2. The summed E-state index contributed by atoms with van der Waals surface area (Å²) in [5, 5.41) is 7.05. The molecule has 1 saturated heterocycles. The average Bonchev–Trinajstić information content (AvgIpc) is 2.58. The number of nitrogens with two attached hydrogens (primary N) is 1. The van der Waals surface area contributed by atoms with E-state index in [4.69, 9.17) is 15.9 Å². The predicted octanol–water partition coefficient (Wildman–Crippen LogP) is 2.98. The van der Waals surface area contributed by atoms with E-state index >= 15 is 0 Å². The van der Waals surface area contributed by atoms with Crippen molar-refractivity contribution in [3.8, 4) is 11.1 Å². The highest BCUT2D eigenvalue weighted by Gasteiger charge is 2.27. The SMILES string of the molecule is N=C(N)CC(=O)OCc1cccc(-c2cnc(N3CC(Br)C3)c(F)c2)c1F. The number of pyridine rings is 1. The van der Waals surface area contributed by atoms with Crippen LogP contribution in [0.15, 0.2) is 30.5 Å². The average molecular weight is 439 g/mol. The highest BCUT2D eigenvalue weighted by molar-refractivity contribution is 9.09. The fourth-order valence-electron chi connectivity index (χ4n) is 2.69. The lowest BCUT2D eigenvalue weighted by Crippen LogP contribution is -2.48. The standard InChI is InChI=1S/C18H17BrF2N4O2/c19-12-7-25(8-12)18-14(20)4-11(6-24-18)13-3-1-2-10(17(13)21)9-27-16(26)5-15(22)23/h1-4,6,12H,5,7-9H2,(H3,22,23). The zero-order valence-corrected chi connectivity index (χ0v) is 15.8. The van der Waals surface area contributed by atoms with Crippen LogP contribution in [0.1, 0.15) is 12.0 Å². The molecule has 0 saturated carbocycles. The van der Waals surface area contributed by atoms with Crippen molar-refractivity contribution in [1.82, 2.24) is 4.98 Å². The third kappa shape index (κ3) is 4.41. The van der Waals surface area contributed by atoms with Gasteiger partial charge in [-0.15, -0.1) is 0 Å². The van der Waals surface area contributed by atoms with Gasteiger partial charge in [-0.2, -0.15) is 0 Å². The fraction of sp³-hybridized carbons (Fsp3) is 0.278. The molecule has 1 fully saturated rings. The number of esters is 1. The third-order valence-electron chi connectivity index (χ3n) is 4.07. The van der Waals surface area contributed by atoms with Crippen LogP contribution in [0.5, 0.6) is 0 Å². The lowest BCUT2D eigenvalue weighted by molar-refractivity contribution is -0.143. The number of carbonyl (C=O) groups excluding carboxylic acids is 1. The lowest BCUT2D eigenvalue weighted by atomic mass is 10.0. The fourth-order valence-corrected chi connectivity index (χ4v) is 3.39. The smallest absolute Gasteiger partial charge is 0.313 e. The van der Waals surface area contributed by atoms with E-state index in [1.807, 2.05) is 0 Å². The summed E-state index contributed by atoms with van der Waals surface area (Å²) in [7, 11) is 0. The van der Waals surface area contributed by atoms with Crippen LogP contribution in [0.3, 0.4) is 0 Å². The molecule has 0 atom stereocenters. The van der Waals surface area contributed by atoms with Gasteiger partial charge in [-0.3, -0.25) is 10.2 Å². The summed E-state index contributed by atoms with van der Waals surface area (Å²) in [4.78, 5) is 17.7. The molecule has 1 aliphatic rings. The summed E-state index contributed by atoms with van der Waals surface area (Å²) in [5.74, 6) is -1.95. The lowest BCUT2D eigenvalue weighted by Gasteiger charge is -2.37. The Kier molecular flexibility index (Phi) is 5.69. The Balaban J connectivity index is 1.78. The monoisotopic (exact) mass is 438 g/mol. The first kappa shape index (κ1) is 19.2. The number of ether oxygens (including phenoxy) is 1. The van der Waals surface area contributed by atoms with Crippen molar-refractivity contribution in [2.45, 2.75) is 17.9 Å². The van der Waals surface area contributed by atoms with Gasteiger partial charge in [-0.25, -0.2) is 13.8 Å². The third-order valence-corrected chi connectivity index (χ3v) is 4.65. The Morgan fingerprint density at radius 1 is 1.41 bits per heavy atom. The highest BCUT2D eigenvalue weighted by atomic mass is 79.9. The number of aromatic nitrogens is 1. The number of carbonyl (C=O) groups is 1. The molecular formula is C18H17BrF2N4O2. The molecule has 27 heavy (non-hydrogen) atoms. The maximum atomic E-state index is 14.8. The van der Waals surface area contributed by atoms with Crippen LogP contribution in [-0.4, -0.2) is 34.7 Å². The van der Waals surface area contributed by atoms with Crippen LogP contribution in [0.4, 0.5) is 14.6 Å². The molecule has 1 aliphatic heterocycles. The Hall–Kier alpha value is -2.55. The summed E-state index contributed by atoms with van der Waals surface area (Å²) in [6.45, 7) is 1.03. The molecule has 3 N–H and O–H groups in total. The molecule has 2 heterocycles. The molecule has 0 bridgehead atoms. The molecule has 0 unspecified atom stereocenters.